The molecule has 0 saturated carbocycles. The summed E-state index contributed by atoms with van der Waals surface area (Å²) in [5, 5.41) is 2.56. The third kappa shape index (κ3) is 3.87. The Labute approximate surface area is 143 Å². The Hall–Kier alpha value is -2.08. The van der Waals surface area contributed by atoms with Crippen molar-refractivity contribution in [1.29, 1.82) is 0 Å². The highest BCUT2D eigenvalue weighted by molar-refractivity contribution is 6.01. The zero-order valence-corrected chi connectivity index (χ0v) is 14.3. The highest BCUT2D eigenvalue weighted by Gasteiger charge is 2.28. The fourth-order valence-corrected chi connectivity index (χ4v) is 3.53. The Balaban J connectivity index is 1.47. The van der Waals surface area contributed by atoms with Crippen molar-refractivity contribution in [3.8, 4) is 0 Å². The molecule has 3 rings (SSSR count). The fraction of sp³-hybridized carbons (Fsp3) is 0.556. The van der Waals surface area contributed by atoms with Crippen LogP contribution in [0.25, 0.3) is 0 Å². The standard InChI is InChI=1S/C18H26N4O2/c1-20(10-6-12-22-17(23)13-19-18(22)24)16-9-5-11-21(14-16)15-7-3-2-4-8-15/h2-4,7-8,16H,5-6,9-14H2,1H3,(H,19,24). The molecule has 1 N–H and O–H groups in total. The number of amides is 3. The minimum Gasteiger partial charge on any atom is -0.370 e. The van der Waals surface area contributed by atoms with E-state index in [9.17, 15) is 9.59 Å². The number of hydrogen-bond acceptors (Lipinski definition) is 4. The van der Waals surface area contributed by atoms with Crippen LogP contribution < -0.4 is 10.2 Å². The quantitative estimate of drug-likeness (QED) is 0.804. The zero-order chi connectivity index (χ0) is 16.9. The van der Waals surface area contributed by atoms with Crippen LogP contribution in [-0.2, 0) is 4.79 Å². The van der Waals surface area contributed by atoms with Gasteiger partial charge < -0.3 is 15.1 Å². The second-order valence-electron chi connectivity index (χ2n) is 6.62. The van der Waals surface area contributed by atoms with Gasteiger partial charge in [0.05, 0.1) is 6.54 Å². The number of urea groups is 1. The number of para-hydroxylation sites is 1. The molecule has 0 radical (unpaired) electrons. The molecule has 0 aromatic heterocycles. The molecule has 6 heteroatoms. The summed E-state index contributed by atoms with van der Waals surface area (Å²) in [6.45, 7) is 3.68. The van der Waals surface area contributed by atoms with E-state index in [0.29, 0.717) is 12.6 Å². The fourth-order valence-electron chi connectivity index (χ4n) is 3.53. The van der Waals surface area contributed by atoms with Crippen molar-refractivity contribution in [3.05, 3.63) is 30.3 Å². The first-order valence-corrected chi connectivity index (χ1v) is 8.73. The predicted octanol–water partition coefficient (Wildman–Crippen LogP) is 1.53. The average molecular weight is 330 g/mol. The largest absolute Gasteiger partial charge is 0.370 e. The lowest BCUT2D eigenvalue weighted by atomic mass is 10.0. The number of nitrogens with one attached hydrogen (secondary N) is 1. The van der Waals surface area contributed by atoms with Crippen LogP contribution in [0.1, 0.15) is 19.3 Å². The van der Waals surface area contributed by atoms with E-state index in [1.165, 1.54) is 23.4 Å². The summed E-state index contributed by atoms with van der Waals surface area (Å²) in [5.74, 6) is -0.115. The summed E-state index contributed by atoms with van der Waals surface area (Å²) in [6.07, 6.45) is 3.21. The van der Waals surface area contributed by atoms with Gasteiger partial charge >= 0.3 is 6.03 Å². The second-order valence-corrected chi connectivity index (χ2v) is 6.62. The van der Waals surface area contributed by atoms with Crippen LogP contribution in [-0.4, -0.2) is 67.6 Å². The second kappa shape index (κ2) is 7.66. The summed E-state index contributed by atoms with van der Waals surface area (Å²) in [4.78, 5) is 29.3. The van der Waals surface area contributed by atoms with Crippen molar-refractivity contribution >= 4 is 17.6 Å². The van der Waals surface area contributed by atoms with Crippen molar-refractivity contribution in [2.75, 3.05) is 44.7 Å². The van der Waals surface area contributed by atoms with E-state index in [1.807, 2.05) is 6.07 Å². The molecule has 1 atom stereocenters. The van der Waals surface area contributed by atoms with Crippen LogP contribution in [0.4, 0.5) is 10.5 Å². The number of benzene rings is 1. The van der Waals surface area contributed by atoms with Crippen LogP contribution in [0.15, 0.2) is 30.3 Å². The van der Waals surface area contributed by atoms with Gasteiger partial charge in [-0.1, -0.05) is 18.2 Å². The van der Waals surface area contributed by atoms with Crippen LogP contribution in [0.5, 0.6) is 0 Å². The normalized spacial score (nSPS) is 21.5. The molecule has 0 spiro atoms. The van der Waals surface area contributed by atoms with Gasteiger partial charge in [0.2, 0.25) is 5.91 Å². The number of carbonyl (C=O) groups excluding carboxylic acids is 2. The van der Waals surface area contributed by atoms with Gasteiger partial charge in [-0.2, -0.15) is 0 Å². The number of likely N-dealkylation sites (N-methyl/N-ethyl adjacent to an activating group) is 1. The first kappa shape index (κ1) is 16.8. The Kier molecular flexibility index (Phi) is 5.35. The lowest BCUT2D eigenvalue weighted by molar-refractivity contribution is -0.125. The third-order valence-electron chi connectivity index (χ3n) is 4.97. The van der Waals surface area contributed by atoms with Crippen molar-refractivity contribution in [2.24, 2.45) is 0 Å². The molecule has 2 heterocycles. The number of hydrogen-bond donors (Lipinski definition) is 1. The van der Waals surface area contributed by atoms with E-state index >= 15 is 0 Å². The Morgan fingerprint density at radius 3 is 2.75 bits per heavy atom. The Bertz CT molecular complexity index is 562. The molecule has 2 aliphatic heterocycles. The molecule has 1 aromatic rings. The topological polar surface area (TPSA) is 55.9 Å². The highest BCUT2D eigenvalue weighted by Crippen LogP contribution is 2.21. The van der Waals surface area contributed by atoms with Crippen molar-refractivity contribution in [3.63, 3.8) is 0 Å². The SMILES string of the molecule is CN(CCCN1C(=O)CNC1=O)C1CCCN(c2ccccc2)C1. The molecule has 1 aromatic carbocycles. The van der Waals surface area contributed by atoms with E-state index in [-0.39, 0.29) is 18.5 Å². The molecule has 130 valence electrons. The predicted molar refractivity (Wildman–Crippen MR) is 94.0 cm³/mol. The van der Waals surface area contributed by atoms with Gasteiger partial charge in [0.15, 0.2) is 0 Å². The summed E-state index contributed by atoms with van der Waals surface area (Å²) < 4.78 is 0. The molecule has 2 fully saturated rings. The van der Waals surface area contributed by atoms with Gasteiger partial charge in [0, 0.05) is 31.4 Å². The maximum atomic E-state index is 11.6. The molecule has 0 aliphatic carbocycles. The monoisotopic (exact) mass is 330 g/mol. The number of piperidine rings is 1. The van der Waals surface area contributed by atoms with Gasteiger partial charge in [-0.05, 0) is 45.0 Å². The Morgan fingerprint density at radius 1 is 1.25 bits per heavy atom. The van der Waals surface area contributed by atoms with Crippen LogP contribution in [0.2, 0.25) is 0 Å². The Morgan fingerprint density at radius 2 is 2.04 bits per heavy atom. The van der Waals surface area contributed by atoms with E-state index in [1.54, 1.807) is 0 Å². The van der Waals surface area contributed by atoms with Gasteiger partial charge in [-0.3, -0.25) is 9.69 Å². The lowest BCUT2D eigenvalue weighted by Gasteiger charge is -2.39. The summed E-state index contributed by atoms with van der Waals surface area (Å²) >= 11 is 0. The summed E-state index contributed by atoms with van der Waals surface area (Å²) in [5.41, 5.74) is 1.29. The molecule has 2 aliphatic rings. The van der Waals surface area contributed by atoms with Crippen molar-refractivity contribution < 1.29 is 9.59 Å². The first-order chi connectivity index (χ1) is 11.6. The van der Waals surface area contributed by atoms with Crippen molar-refractivity contribution in [2.45, 2.75) is 25.3 Å². The minimum absolute atomic E-state index is 0.115. The van der Waals surface area contributed by atoms with Gasteiger partial charge in [0.25, 0.3) is 0 Å². The van der Waals surface area contributed by atoms with E-state index in [2.05, 4.69) is 46.4 Å². The molecule has 24 heavy (non-hydrogen) atoms. The molecule has 3 amide bonds. The number of imide groups is 1. The molecular weight excluding hydrogens is 304 g/mol. The molecule has 1 unspecified atom stereocenters. The number of rotatable bonds is 6. The summed E-state index contributed by atoms with van der Waals surface area (Å²) in [6, 6.07) is 10.8. The van der Waals surface area contributed by atoms with Crippen molar-refractivity contribution in [1.82, 2.24) is 15.1 Å². The smallest absolute Gasteiger partial charge is 0.324 e. The maximum absolute atomic E-state index is 11.6. The van der Waals surface area contributed by atoms with E-state index in [4.69, 9.17) is 0 Å². The van der Waals surface area contributed by atoms with Crippen LogP contribution in [0, 0.1) is 0 Å². The van der Waals surface area contributed by atoms with Gasteiger partial charge in [0.1, 0.15) is 0 Å². The highest BCUT2D eigenvalue weighted by atomic mass is 16.2. The molecule has 0 bridgehead atoms. The maximum Gasteiger partial charge on any atom is 0.324 e. The van der Waals surface area contributed by atoms with E-state index < -0.39 is 0 Å². The zero-order valence-electron chi connectivity index (χ0n) is 14.3. The minimum atomic E-state index is -0.254. The summed E-state index contributed by atoms with van der Waals surface area (Å²) in [7, 11) is 2.14. The van der Waals surface area contributed by atoms with Gasteiger partial charge in [-0.15, -0.1) is 0 Å². The number of carbonyl (C=O) groups is 2. The number of nitrogens with zero attached hydrogens (tertiary/aromatic N) is 3. The third-order valence-corrected chi connectivity index (χ3v) is 4.97. The molecular formula is C18H26N4O2. The molecule has 6 nitrogen and oxygen atoms in total. The first-order valence-electron chi connectivity index (χ1n) is 8.73. The lowest BCUT2D eigenvalue weighted by Crippen LogP contribution is -2.47. The number of anilines is 1. The van der Waals surface area contributed by atoms with Crippen LogP contribution in [0.3, 0.4) is 0 Å². The van der Waals surface area contributed by atoms with Gasteiger partial charge in [-0.25, -0.2) is 4.79 Å². The van der Waals surface area contributed by atoms with E-state index in [0.717, 1.165) is 26.1 Å². The average Bonchev–Trinajstić information content (AvgIpc) is 2.94. The molecule has 2 saturated heterocycles. The van der Waals surface area contributed by atoms with Crippen LogP contribution >= 0.6 is 0 Å².